The van der Waals surface area contributed by atoms with Crippen molar-refractivity contribution < 1.29 is 9.47 Å². The van der Waals surface area contributed by atoms with Crippen LogP contribution >= 0.6 is 0 Å². The van der Waals surface area contributed by atoms with Crippen LogP contribution in [0.2, 0.25) is 0 Å². The van der Waals surface area contributed by atoms with Crippen LogP contribution in [0, 0.1) is 0 Å². The van der Waals surface area contributed by atoms with Crippen molar-refractivity contribution in [3.05, 3.63) is 0 Å². The highest BCUT2D eigenvalue weighted by Crippen LogP contribution is 2.24. The SMILES string of the molecule is COc1nc(N2CCCCCC2)nc(N2CCOC(C)(C)C2)n1. The molecule has 7 heteroatoms. The summed E-state index contributed by atoms with van der Waals surface area (Å²) in [7, 11) is 1.61. The van der Waals surface area contributed by atoms with E-state index in [9.17, 15) is 0 Å². The van der Waals surface area contributed by atoms with E-state index >= 15 is 0 Å². The first-order valence-electron chi connectivity index (χ1n) is 8.51. The van der Waals surface area contributed by atoms with Gasteiger partial charge in [-0.05, 0) is 26.7 Å². The van der Waals surface area contributed by atoms with E-state index in [4.69, 9.17) is 14.5 Å². The molecule has 0 atom stereocenters. The lowest BCUT2D eigenvalue weighted by Gasteiger charge is -2.38. The van der Waals surface area contributed by atoms with Gasteiger partial charge in [-0.25, -0.2) is 0 Å². The number of anilines is 2. The molecule has 0 amide bonds. The molecule has 2 aliphatic heterocycles. The van der Waals surface area contributed by atoms with E-state index in [1.54, 1.807) is 7.11 Å². The third-order valence-electron chi connectivity index (χ3n) is 4.37. The average Bonchev–Trinajstić information content (AvgIpc) is 2.82. The molecule has 0 saturated carbocycles. The Labute approximate surface area is 138 Å². The second-order valence-electron chi connectivity index (χ2n) is 6.85. The van der Waals surface area contributed by atoms with Crippen LogP contribution in [0.25, 0.3) is 0 Å². The summed E-state index contributed by atoms with van der Waals surface area (Å²) in [5.74, 6) is 1.42. The zero-order valence-electron chi connectivity index (χ0n) is 14.4. The van der Waals surface area contributed by atoms with Crippen LogP contribution in [-0.4, -0.2) is 60.4 Å². The highest BCUT2D eigenvalue weighted by atomic mass is 16.5. The van der Waals surface area contributed by atoms with Gasteiger partial charge in [0, 0.05) is 26.2 Å². The van der Waals surface area contributed by atoms with Gasteiger partial charge in [-0.2, -0.15) is 15.0 Å². The van der Waals surface area contributed by atoms with Crippen LogP contribution < -0.4 is 14.5 Å². The fourth-order valence-electron chi connectivity index (χ4n) is 3.17. The van der Waals surface area contributed by atoms with Crippen molar-refractivity contribution in [2.75, 3.05) is 49.7 Å². The summed E-state index contributed by atoms with van der Waals surface area (Å²) in [4.78, 5) is 18.1. The standard InChI is InChI=1S/C16H27N5O2/c1-16(2)12-21(10-11-23-16)14-17-13(18-15(19-14)22-3)20-8-6-4-5-7-9-20/h4-12H2,1-3H3. The summed E-state index contributed by atoms with van der Waals surface area (Å²) in [6.45, 7) is 8.42. The second-order valence-corrected chi connectivity index (χ2v) is 6.85. The Hall–Kier alpha value is -1.63. The van der Waals surface area contributed by atoms with Crippen molar-refractivity contribution in [2.45, 2.75) is 45.1 Å². The molecule has 1 aromatic rings. The minimum atomic E-state index is -0.194. The quantitative estimate of drug-likeness (QED) is 0.842. The smallest absolute Gasteiger partial charge is 0.322 e. The lowest BCUT2D eigenvalue weighted by Crippen LogP contribution is -2.49. The molecule has 23 heavy (non-hydrogen) atoms. The highest BCUT2D eigenvalue weighted by molar-refractivity contribution is 5.41. The first-order chi connectivity index (χ1) is 11.1. The number of ether oxygens (including phenoxy) is 2. The molecule has 7 nitrogen and oxygen atoms in total. The molecule has 0 unspecified atom stereocenters. The average molecular weight is 321 g/mol. The van der Waals surface area contributed by atoms with Gasteiger partial charge in [0.25, 0.3) is 0 Å². The summed E-state index contributed by atoms with van der Waals surface area (Å²) in [5, 5.41) is 0. The molecule has 2 aliphatic rings. The van der Waals surface area contributed by atoms with Gasteiger partial charge < -0.3 is 19.3 Å². The Morgan fingerprint density at radius 1 is 0.913 bits per heavy atom. The molecule has 3 rings (SSSR count). The van der Waals surface area contributed by atoms with E-state index < -0.39 is 0 Å². The third-order valence-corrected chi connectivity index (χ3v) is 4.37. The number of aromatic nitrogens is 3. The molecule has 1 aromatic heterocycles. The van der Waals surface area contributed by atoms with E-state index in [1.807, 2.05) is 0 Å². The zero-order valence-corrected chi connectivity index (χ0v) is 14.4. The monoisotopic (exact) mass is 321 g/mol. The summed E-state index contributed by atoms with van der Waals surface area (Å²) < 4.78 is 11.1. The molecule has 0 radical (unpaired) electrons. The first-order valence-corrected chi connectivity index (χ1v) is 8.51. The summed E-state index contributed by atoms with van der Waals surface area (Å²) >= 11 is 0. The van der Waals surface area contributed by atoms with Crippen LogP contribution in [0.1, 0.15) is 39.5 Å². The van der Waals surface area contributed by atoms with Crippen LogP contribution in [-0.2, 0) is 4.74 Å². The Balaban J connectivity index is 1.86. The van der Waals surface area contributed by atoms with Gasteiger partial charge in [0.05, 0.1) is 19.3 Å². The van der Waals surface area contributed by atoms with Gasteiger partial charge in [-0.15, -0.1) is 0 Å². The van der Waals surface area contributed by atoms with Crippen LogP contribution in [0.5, 0.6) is 6.01 Å². The molecule has 2 saturated heterocycles. The Morgan fingerprint density at radius 2 is 1.57 bits per heavy atom. The number of morpholine rings is 1. The minimum absolute atomic E-state index is 0.194. The fourth-order valence-corrected chi connectivity index (χ4v) is 3.17. The van der Waals surface area contributed by atoms with Crippen molar-refractivity contribution in [1.29, 1.82) is 0 Å². The molecular formula is C16H27N5O2. The van der Waals surface area contributed by atoms with Gasteiger partial charge in [0.15, 0.2) is 0 Å². The van der Waals surface area contributed by atoms with Gasteiger partial charge in [-0.1, -0.05) is 12.8 Å². The third kappa shape index (κ3) is 4.02. The Morgan fingerprint density at radius 3 is 2.17 bits per heavy atom. The van der Waals surface area contributed by atoms with Crippen molar-refractivity contribution >= 4 is 11.9 Å². The maximum Gasteiger partial charge on any atom is 0.322 e. The zero-order chi connectivity index (χ0) is 16.3. The Kier molecular flexibility index (Phi) is 4.84. The number of methoxy groups -OCH3 is 1. The normalized spacial score (nSPS) is 21.9. The molecule has 0 aliphatic carbocycles. The molecule has 2 fully saturated rings. The van der Waals surface area contributed by atoms with Crippen LogP contribution in [0.15, 0.2) is 0 Å². The number of hydrogen-bond donors (Lipinski definition) is 0. The van der Waals surface area contributed by atoms with Gasteiger partial charge in [-0.3, -0.25) is 0 Å². The number of hydrogen-bond acceptors (Lipinski definition) is 7. The van der Waals surface area contributed by atoms with E-state index in [0.717, 1.165) is 32.1 Å². The van der Waals surface area contributed by atoms with Crippen molar-refractivity contribution in [2.24, 2.45) is 0 Å². The number of nitrogens with zero attached hydrogens (tertiary/aromatic N) is 5. The Bertz CT molecular complexity index is 529. The second kappa shape index (κ2) is 6.86. The minimum Gasteiger partial charge on any atom is -0.467 e. The predicted octanol–water partition coefficient (Wildman–Crippen LogP) is 1.88. The van der Waals surface area contributed by atoms with Crippen molar-refractivity contribution in [1.82, 2.24) is 15.0 Å². The topological polar surface area (TPSA) is 63.6 Å². The lowest BCUT2D eigenvalue weighted by atomic mass is 10.1. The predicted molar refractivity (Wildman–Crippen MR) is 89.3 cm³/mol. The maximum absolute atomic E-state index is 5.78. The molecule has 3 heterocycles. The van der Waals surface area contributed by atoms with Gasteiger partial charge in [0.1, 0.15) is 0 Å². The highest BCUT2D eigenvalue weighted by Gasteiger charge is 2.29. The summed E-state index contributed by atoms with van der Waals surface area (Å²) in [6.07, 6.45) is 4.94. The summed E-state index contributed by atoms with van der Waals surface area (Å²) in [6, 6.07) is 0.388. The molecule has 128 valence electrons. The largest absolute Gasteiger partial charge is 0.467 e. The van der Waals surface area contributed by atoms with Crippen molar-refractivity contribution in [3.63, 3.8) is 0 Å². The van der Waals surface area contributed by atoms with E-state index in [1.165, 1.54) is 25.7 Å². The van der Waals surface area contributed by atoms with Crippen LogP contribution in [0.4, 0.5) is 11.9 Å². The molecule has 0 N–H and O–H groups in total. The summed E-state index contributed by atoms with van der Waals surface area (Å²) in [5.41, 5.74) is -0.194. The van der Waals surface area contributed by atoms with E-state index in [0.29, 0.717) is 18.6 Å². The van der Waals surface area contributed by atoms with E-state index in [-0.39, 0.29) is 5.60 Å². The van der Waals surface area contributed by atoms with Crippen molar-refractivity contribution in [3.8, 4) is 6.01 Å². The molecule has 0 aromatic carbocycles. The first kappa shape index (κ1) is 16.2. The fraction of sp³-hybridized carbons (Fsp3) is 0.812. The molecule has 0 bridgehead atoms. The lowest BCUT2D eigenvalue weighted by molar-refractivity contribution is -0.0281. The maximum atomic E-state index is 5.78. The number of rotatable bonds is 3. The van der Waals surface area contributed by atoms with Crippen LogP contribution in [0.3, 0.4) is 0 Å². The van der Waals surface area contributed by atoms with E-state index in [2.05, 4.69) is 33.6 Å². The molecular weight excluding hydrogens is 294 g/mol. The van der Waals surface area contributed by atoms with Gasteiger partial charge in [0.2, 0.25) is 11.9 Å². The molecule has 0 spiro atoms. The van der Waals surface area contributed by atoms with Gasteiger partial charge >= 0.3 is 6.01 Å².